The van der Waals surface area contributed by atoms with Crippen molar-refractivity contribution < 1.29 is 0 Å². The van der Waals surface area contributed by atoms with Crippen molar-refractivity contribution in [2.24, 2.45) is 0 Å². The van der Waals surface area contributed by atoms with Crippen molar-refractivity contribution in [3.05, 3.63) is 59.6 Å². The zero-order valence-electron chi connectivity index (χ0n) is 11.4. The maximum atomic E-state index is 4.64. The molecule has 4 aromatic rings. The normalized spacial score (nSPS) is 10.7. The maximum absolute atomic E-state index is 4.64. The Morgan fingerprint density at radius 3 is 1.50 bits per heavy atom. The summed E-state index contributed by atoms with van der Waals surface area (Å²) in [5.41, 5.74) is 3.53. The molecule has 4 heterocycles. The van der Waals surface area contributed by atoms with Crippen LogP contribution in [-0.2, 0) is 0 Å². The summed E-state index contributed by atoms with van der Waals surface area (Å²) in [6, 6.07) is 11.7. The zero-order chi connectivity index (χ0) is 14.8. The lowest BCUT2D eigenvalue weighted by Gasteiger charge is -1.93. The quantitative estimate of drug-likeness (QED) is 0.561. The number of hydrogen-bond acceptors (Lipinski definition) is 6. The van der Waals surface area contributed by atoms with Gasteiger partial charge < -0.3 is 0 Å². The molecule has 0 radical (unpaired) electrons. The molecular formula is C16H10N4S2. The Morgan fingerprint density at radius 2 is 1.09 bits per heavy atom. The van der Waals surface area contributed by atoms with Crippen molar-refractivity contribution in [2.75, 3.05) is 0 Å². The predicted octanol–water partition coefficient (Wildman–Crippen LogP) is 4.39. The number of nitrogens with zero attached hydrogens (tertiary/aromatic N) is 4. The number of hydrogen-bond donors (Lipinski definition) is 0. The predicted molar refractivity (Wildman–Crippen MR) is 89.7 cm³/mol. The van der Waals surface area contributed by atoms with Gasteiger partial charge in [-0.1, -0.05) is 12.1 Å². The van der Waals surface area contributed by atoms with Crippen LogP contribution in [0.15, 0.2) is 59.6 Å². The molecule has 0 saturated carbocycles. The Labute approximate surface area is 135 Å². The third-order valence-electron chi connectivity index (χ3n) is 3.04. The van der Waals surface area contributed by atoms with Crippen molar-refractivity contribution in [1.82, 2.24) is 19.9 Å². The lowest BCUT2D eigenvalue weighted by Crippen LogP contribution is -1.83. The van der Waals surface area contributed by atoms with Crippen LogP contribution in [-0.4, -0.2) is 19.9 Å². The smallest absolute Gasteiger partial charge is 0.142 e. The van der Waals surface area contributed by atoms with Crippen LogP contribution < -0.4 is 0 Å². The summed E-state index contributed by atoms with van der Waals surface area (Å²) in [4.78, 5) is 17.9. The number of aromatic nitrogens is 4. The summed E-state index contributed by atoms with van der Waals surface area (Å²) in [6.45, 7) is 0. The van der Waals surface area contributed by atoms with Gasteiger partial charge in [-0.2, -0.15) is 0 Å². The lowest BCUT2D eigenvalue weighted by atomic mass is 10.3. The first-order valence-corrected chi connectivity index (χ1v) is 8.40. The van der Waals surface area contributed by atoms with Gasteiger partial charge in [0.05, 0.1) is 11.4 Å². The molecule has 0 aliphatic carbocycles. The van der Waals surface area contributed by atoms with Crippen LogP contribution in [0.4, 0.5) is 0 Å². The van der Waals surface area contributed by atoms with Crippen LogP contribution in [0.3, 0.4) is 0 Å². The van der Waals surface area contributed by atoms with Crippen LogP contribution in [0.1, 0.15) is 0 Å². The van der Waals surface area contributed by atoms with Gasteiger partial charge in [0, 0.05) is 23.2 Å². The molecule has 106 valence electrons. The van der Waals surface area contributed by atoms with E-state index in [1.165, 1.54) is 0 Å². The Bertz CT molecular complexity index is 809. The van der Waals surface area contributed by atoms with Crippen molar-refractivity contribution in [3.63, 3.8) is 0 Å². The highest BCUT2D eigenvalue weighted by molar-refractivity contribution is 7.14. The van der Waals surface area contributed by atoms with Crippen LogP contribution in [0, 0.1) is 0 Å². The van der Waals surface area contributed by atoms with Crippen LogP contribution in [0.2, 0.25) is 0 Å². The van der Waals surface area contributed by atoms with Crippen molar-refractivity contribution in [2.45, 2.75) is 0 Å². The molecule has 0 atom stereocenters. The van der Waals surface area contributed by atoms with E-state index in [-0.39, 0.29) is 0 Å². The van der Waals surface area contributed by atoms with Crippen LogP contribution in [0.5, 0.6) is 0 Å². The van der Waals surface area contributed by atoms with Gasteiger partial charge in [-0.3, -0.25) is 9.97 Å². The Kier molecular flexibility index (Phi) is 3.46. The monoisotopic (exact) mass is 322 g/mol. The molecule has 0 fully saturated rings. The first-order chi connectivity index (χ1) is 10.9. The molecular weight excluding hydrogens is 312 g/mol. The molecule has 6 heteroatoms. The summed E-state index contributed by atoms with van der Waals surface area (Å²) in [5.74, 6) is 0. The first-order valence-electron chi connectivity index (χ1n) is 6.64. The van der Waals surface area contributed by atoms with Gasteiger partial charge in [-0.25, -0.2) is 9.97 Å². The molecule has 0 aromatic carbocycles. The molecule has 22 heavy (non-hydrogen) atoms. The molecule has 0 N–H and O–H groups in total. The van der Waals surface area contributed by atoms with E-state index in [1.54, 1.807) is 35.1 Å². The minimum Gasteiger partial charge on any atom is -0.254 e. The van der Waals surface area contributed by atoms with Crippen molar-refractivity contribution in [3.8, 4) is 32.8 Å². The van der Waals surface area contributed by atoms with Crippen molar-refractivity contribution in [1.29, 1.82) is 0 Å². The number of pyridine rings is 2. The third-order valence-corrected chi connectivity index (χ3v) is 4.77. The number of rotatable bonds is 3. The fraction of sp³-hybridized carbons (Fsp3) is 0. The van der Waals surface area contributed by atoms with Gasteiger partial charge >= 0.3 is 0 Å². The van der Waals surface area contributed by atoms with E-state index in [0.717, 1.165) is 32.8 Å². The molecule has 0 amide bonds. The van der Waals surface area contributed by atoms with Crippen molar-refractivity contribution >= 4 is 22.7 Å². The minimum absolute atomic E-state index is 0.879. The van der Waals surface area contributed by atoms with Gasteiger partial charge in [0.1, 0.15) is 21.4 Å². The average Bonchev–Trinajstić information content (AvgIpc) is 3.26. The van der Waals surface area contributed by atoms with E-state index < -0.39 is 0 Å². The average molecular weight is 322 g/mol. The molecule has 4 rings (SSSR count). The second-order valence-corrected chi connectivity index (χ2v) is 6.22. The van der Waals surface area contributed by atoms with Crippen LogP contribution in [0.25, 0.3) is 32.8 Å². The summed E-state index contributed by atoms with van der Waals surface area (Å²) in [5, 5.41) is 5.84. The molecule has 0 saturated heterocycles. The Balaban J connectivity index is 1.66. The Hall–Kier alpha value is -2.44. The first kappa shape index (κ1) is 13.2. The summed E-state index contributed by atoms with van der Waals surface area (Å²) >= 11 is 3.16. The third kappa shape index (κ3) is 2.54. The molecule has 0 aliphatic heterocycles. The van der Waals surface area contributed by atoms with Gasteiger partial charge in [0.15, 0.2) is 0 Å². The molecule has 0 bridgehead atoms. The highest BCUT2D eigenvalue weighted by atomic mass is 32.1. The minimum atomic E-state index is 0.879. The fourth-order valence-electron chi connectivity index (χ4n) is 2.00. The van der Waals surface area contributed by atoms with Crippen LogP contribution >= 0.6 is 22.7 Å². The highest BCUT2D eigenvalue weighted by Crippen LogP contribution is 2.30. The van der Waals surface area contributed by atoms with E-state index in [4.69, 9.17) is 0 Å². The van der Waals surface area contributed by atoms with Gasteiger partial charge in [0.2, 0.25) is 0 Å². The second kappa shape index (κ2) is 5.75. The summed E-state index contributed by atoms with van der Waals surface area (Å²) in [7, 11) is 0. The molecule has 4 aromatic heterocycles. The highest BCUT2D eigenvalue weighted by Gasteiger charge is 2.11. The zero-order valence-corrected chi connectivity index (χ0v) is 13.0. The summed E-state index contributed by atoms with van der Waals surface area (Å²) < 4.78 is 0. The standard InChI is InChI=1S/C16H10N4S2/c1-3-7-17-11(5-1)15-19-13(9-21-15)14-10-22-16(20-14)12-6-2-4-8-18-12/h1-10H. The van der Waals surface area contributed by atoms with E-state index in [0.29, 0.717) is 0 Å². The van der Waals surface area contributed by atoms with Gasteiger partial charge in [-0.05, 0) is 24.3 Å². The SMILES string of the molecule is c1ccc(-c2nc(-c3csc(-c4ccccn4)n3)cs2)nc1. The maximum Gasteiger partial charge on any atom is 0.142 e. The second-order valence-electron chi connectivity index (χ2n) is 4.51. The van der Waals surface area contributed by atoms with E-state index in [1.807, 2.05) is 47.2 Å². The fourth-order valence-corrected chi connectivity index (χ4v) is 3.58. The molecule has 4 nitrogen and oxygen atoms in total. The molecule has 0 spiro atoms. The van der Waals surface area contributed by atoms with E-state index in [2.05, 4.69) is 19.9 Å². The molecule has 0 unspecified atom stereocenters. The lowest BCUT2D eigenvalue weighted by molar-refractivity contribution is 1.26. The van der Waals surface area contributed by atoms with E-state index >= 15 is 0 Å². The van der Waals surface area contributed by atoms with Gasteiger partial charge in [-0.15, -0.1) is 22.7 Å². The summed E-state index contributed by atoms with van der Waals surface area (Å²) in [6.07, 6.45) is 3.55. The number of thiazole rings is 2. The topological polar surface area (TPSA) is 51.6 Å². The largest absolute Gasteiger partial charge is 0.254 e. The van der Waals surface area contributed by atoms with E-state index in [9.17, 15) is 0 Å². The molecule has 0 aliphatic rings. The van der Waals surface area contributed by atoms with Gasteiger partial charge in [0.25, 0.3) is 0 Å². The Morgan fingerprint density at radius 1 is 0.591 bits per heavy atom.